The second kappa shape index (κ2) is 2.08. The molecular weight excluding hydrogens is 140 g/mol. The van der Waals surface area contributed by atoms with Gasteiger partial charge in [0.2, 0.25) is 0 Å². The number of aromatic amines is 1. The molecule has 0 atom stereocenters. The lowest BCUT2D eigenvalue weighted by atomic mass is 10.2. The number of rotatable bonds is 0. The summed E-state index contributed by atoms with van der Waals surface area (Å²) in [5.74, 6) is 1.10. The summed E-state index contributed by atoms with van der Waals surface area (Å²) in [6, 6.07) is 0. The van der Waals surface area contributed by atoms with Crippen molar-refractivity contribution >= 4 is 11.8 Å². The molecule has 1 heterocycles. The molecule has 0 aromatic carbocycles. The number of hydrogen-bond acceptors (Lipinski definition) is 3. The van der Waals surface area contributed by atoms with Gasteiger partial charge in [0.15, 0.2) is 5.82 Å². The van der Waals surface area contributed by atoms with Crippen molar-refractivity contribution in [1.29, 1.82) is 0 Å². The Kier molecular flexibility index (Phi) is 1.21. The number of hydrogen-bond donors (Lipinski definition) is 2. The standard InChI is InChI=1S/C7H10N4/c8-6-4-2-1-3-5(4)10-7(9)11-6/h1-3H2,(H4,8,9,10,11)/p+1. The van der Waals surface area contributed by atoms with Gasteiger partial charge in [0.1, 0.15) is 5.69 Å². The number of aromatic nitrogens is 2. The number of nitrogens with two attached hydrogens (primary N) is 2. The average molecular weight is 151 g/mol. The van der Waals surface area contributed by atoms with Crippen LogP contribution in [-0.2, 0) is 12.8 Å². The van der Waals surface area contributed by atoms with E-state index in [1.807, 2.05) is 0 Å². The second-order valence-electron chi connectivity index (χ2n) is 2.81. The molecule has 0 saturated carbocycles. The topological polar surface area (TPSA) is 79.1 Å². The highest BCUT2D eigenvalue weighted by Gasteiger charge is 2.20. The minimum Gasteiger partial charge on any atom is -0.335 e. The Bertz CT molecular complexity index is 295. The molecule has 4 heteroatoms. The molecule has 1 aliphatic carbocycles. The van der Waals surface area contributed by atoms with E-state index in [4.69, 9.17) is 11.5 Å². The zero-order chi connectivity index (χ0) is 7.84. The molecule has 2 rings (SSSR count). The minimum atomic E-state index is 0.420. The van der Waals surface area contributed by atoms with E-state index in [2.05, 4.69) is 9.97 Å². The quantitative estimate of drug-likeness (QED) is 0.527. The molecule has 1 aromatic rings. The van der Waals surface area contributed by atoms with E-state index < -0.39 is 0 Å². The molecule has 1 aliphatic rings. The highest BCUT2D eigenvalue weighted by atomic mass is 15.0. The van der Waals surface area contributed by atoms with E-state index in [9.17, 15) is 0 Å². The molecule has 5 N–H and O–H groups in total. The van der Waals surface area contributed by atoms with Gasteiger partial charge in [-0.25, -0.2) is 4.98 Å². The van der Waals surface area contributed by atoms with Crippen molar-refractivity contribution in [1.82, 2.24) is 4.98 Å². The van der Waals surface area contributed by atoms with Gasteiger partial charge in [-0.2, -0.15) is 0 Å². The Morgan fingerprint density at radius 3 is 2.91 bits per heavy atom. The molecule has 0 bridgehead atoms. The van der Waals surface area contributed by atoms with E-state index in [1.165, 1.54) is 0 Å². The summed E-state index contributed by atoms with van der Waals surface area (Å²) in [7, 11) is 0. The highest BCUT2D eigenvalue weighted by Crippen LogP contribution is 2.22. The van der Waals surface area contributed by atoms with Crippen molar-refractivity contribution < 1.29 is 4.98 Å². The van der Waals surface area contributed by atoms with Crippen molar-refractivity contribution in [3.05, 3.63) is 11.3 Å². The fourth-order valence-electron chi connectivity index (χ4n) is 1.53. The fraction of sp³-hybridized carbons (Fsp3) is 0.429. The molecule has 0 spiro atoms. The number of fused-ring (bicyclic) bond motifs is 1. The van der Waals surface area contributed by atoms with Crippen molar-refractivity contribution in [2.45, 2.75) is 19.3 Å². The third kappa shape index (κ3) is 0.906. The first-order valence-corrected chi connectivity index (χ1v) is 3.73. The Hall–Kier alpha value is -1.32. The zero-order valence-corrected chi connectivity index (χ0v) is 6.22. The van der Waals surface area contributed by atoms with E-state index in [1.54, 1.807) is 0 Å². The van der Waals surface area contributed by atoms with Gasteiger partial charge >= 0.3 is 5.95 Å². The maximum Gasteiger partial charge on any atom is 0.342 e. The second-order valence-corrected chi connectivity index (χ2v) is 2.81. The average Bonchev–Trinajstić information content (AvgIpc) is 2.34. The Morgan fingerprint density at radius 1 is 1.27 bits per heavy atom. The van der Waals surface area contributed by atoms with Crippen LogP contribution in [-0.4, -0.2) is 4.98 Å². The monoisotopic (exact) mass is 151 g/mol. The summed E-state index contributed by atoms with van der Waals surface area (Å²) in [6.45, 7) is 0. The third-order valence-corrected chi connectivity index (χ3v) is 2.03. The van der Waals surface area contributed by atoms with Crippen molar-refractivity contribution in [3.63, 3.8) is 0 Å². The number of aryl methyl sites for hydroxylation is 1. The summed E-state index contributed by atoms with van der Waals surface area (Å²) in [6.07, 6.45) is 3.19. The molecule has 0 aliphatic heterocycles. The van der Waals surface area contributed by atoms with Crippen LogP contribution >= 0.6 is 0 Å². The minimum absolute atomic E-state index is 0.420. The van der Waals surface area contributed by atoms with Crippen molar-refractivity contribution in [2.24, 2.45) is 0 Å². The van der Waals surface area contributed by atoms with Gasteiger partial charge in [0.25, 0.3) is 0 Å². The van der Waals surface area contributed by atoms with Gasteiger partial charge in [-0.15, -0.1) is 4.98 Å². The molecule has 11 heavy (non-hydrogen) atoms. The van der Waals surface area contributed by atoms with Gasteiger partial charge in [-0.05, 0) is 12.8 Å². The fourth-order valence-corrected chi connectivity index (χ4v) is 1.53. The van der Waals surface area contributed by atoms with Gasteiger partial charge in [-0.1, -0.05) is 0 Å². The van der Waals surface area contributed by atoms with Crippen LogP contribution in [0.2, 0.25) is 0 Å². The summed E-state index contributed by atoms with van der Waals surface area (Å²) in [4.78, 5) is 6.97. The highest BCUT2D eigenvalue weighted by molar-refractivity contribution is 5.41. The van der Waals surface area contributed by atoms with Crippen LogP contribution in [0.15, 0.2) is 0 Å². The first kappa shape index (κ1) is 6.39. The first-order valence-electron chi connectivity index (χ1n) is 3.73. The first-order chi connectivity index (χ1) is 5.27. The number of H-pyrrole nitrogens is 1. The third-order valence-electron chi connectivity index (χ3n) is 2.03. The van der Waals surface area contributed by atoms with Crippen LogP contribution in [0.3, 0.4) is 0 Å². The number of nitrogen functional groups attached to an aromatic ring is 2. The lowest BCUT2D eigenvalue weighted by Gasteiger charge is -1.96. The molecule has 0 radical (unpaired) electrons. The van der Waals surface area contributed by atoms with E-state index in [0.29, 0.717) is 11.8 Å². The van der Waals surface area contributed by atoms with Gasteiger partial charge in [-0.3, -0.25) is 0 Å². The smallest absolute Gasteiger partial charge is 0.335 e. The molecule has 58 valence electrons. The predicted molar refractivity (Wildman–Crippen MR) is 41.6 cm³/mol. The van der Waals surface area contributed by atoms with E-state index >= 15 is 0 Å². The molecule has 0 unspecified atom stereocenters. The predicted octanol–water partition coefficient (Wildman–Crippen LogP) is -0.451. The molecule has 1 aromatic heterocycles. The molecule has 0 saturated heterocycles. The van der Waals surface area contributed by atoms with E-state index in [-0.39, 0.29) is 0 Å². The normalized spacial score (nSPS) is 14.9. The number of anilines is 2. The van der Waals surface area contributed by atoms with Gasteiger partial charge < -0.3 is 11.5 Å². The van der Waals surface area contributed by atoms with Gasteiger partial charge in [0, 0.05) is 6.42 Å². The molecule has 0 amide bonds. The van der Waals surface area contributed by atoms with Crippen LogP contribution in [0.25, 0.3) is 0 Å². The summed E-state index contributed by atoms with van der Waals surface area (Å²) in [5.41, 5.74) is 13.4. The van der Waals surface area contributed by atoms with Crippen LogP contribution in [0.5, 0.6) is 0 Å². The van der Waals surface area contributed by atoms with Crippen molar-refractivity contribution in [2.75, 3.05) is 11.5 Å². The van der Waals surface area contributed by atoms with Crippen LogP contribution in [0, 0.1) is 0 Å². The Morgan fingerprint density at radius 2 is 2.09 bits per heavy atom. The maximum atomic E-state index is 5.70. The van der Waals surface area contributed by atoms with Crippen LogP contribution in [0.1, 0.15) is 17.7 Å². The zero-order valence-electron chi connectivity index (χ0n) is 6.22. The van der Waals surface area contributed by atoms with Crippen molar-refractivity contribution in [3.8, 4) is 0 Å². The SMILES string of the molecule is Nc1nc2c(c(N)[nH+]1)CCC2. The summed E-state index contributed by atoms with van der Waals surface area (Å²) >= 11 is 0. The lowest BCUT2D eigenvalue weighted by Crippen LogP contribution is -2.20. The lowest BCUT2D eigenvalue weighted by molar-refractivity contribution is -0.347. The number of nitrogens with zero attached hydrogens (tertiary/aromatic N) is 1. The maximum absolute atomic E-state index is 5.70. The molecular formula is C7H11N4+. The summed E-state index contributed by atoms with van der Waals surface area (Å²) in [5, 5.41) is 0. The largest absolute Gasteiger partial charge is 0.342 e. The van der Waals surface area contributed by atoms with E-state index in [0.717, 1.165) is 30.5 Å². The summed E-state index contributed by atoms with van der Waals surface area (Å²) < 4.78 is 0. The Balaban J connectivity index is 2.60. The van der Waals surface area contributed by atoms with Crippen LogP contribution in [0.4, 0.5) is 11.8 Å². The molecule has 0 fully saturated rings. The van der Waals surface area contributed by atoms with Gasteiger partial charge in [0.05, 0.1) is 5.56 Å². The van der Waals surface area contributed by atoms with Crippen LogP contribution < -0.4 is 16.5 Å². The Labute approximate surface area is 64.6 Å². The molecule has 4 nitrogen and oxygen atoms in total. The number of nitrogens with one attached hydrogen (secondary N) is 1.